The minimum Gasteiger partial charge on any atom is -0.346 e. The number of hydrogen-bond donors (Lipinski definition) is 0. The van der Waals surface area contributed by atoms with Crippen LogP contribution in [0.3, 0.4) is 0 Å². The molecule has 2 aliphatic rings. The third-order valence-corrected chi connectivity index (χ3v) is 4.39. The minimum absolute atomic E-state index is 0.322. The van der Waals surface area contributed by atoms with Crippen LogP contribution in [0.15, 0.2) is 17.8 Å². The molecule has 0 atom stereocenters. The van der Waals surface area contributed by atoms with Gasteiger partial charge in [-0.3, -0.25) is 9.30 Å². The van der Waals surface area contributed by atoms with Crippen molar-refractivity contribution in [3.8, 4) is 0 Å². The summed E-state index contributed by atoms with van der Waals surface area (Å²) in [6, 6.07) is 0. The first-order chi connectivity index (χ1) is 8.83. The molecule has 18 heavy (non-hydrogen) atoms. The third kappa shape index (κ3) is 1.76. The molecule has 2 saturated heterocycles. The normalized spacial score (nSPS) is 23.6. The summed E-state index contributed by atoms with van der Waals surface area (Å²) in [7, 11) is 0. The smallest absolute Gasteiger partial charge is 0.193 e. The maximum Gasteiger partial charge on any atom is 0.193 e. The number of likely N-dealkylation sites (tertiary alicyclic amines) is 1. The Labute approximate surface area is 109 Å². The van der Waals surface area contributed by atoms with Crippen LogP contribution in [0, 0.1) is 0 Å². The topological polar surface area (TPSA) is 39.0 Å². The number of fused-ring (bicyclic) bond motifs is 1. The monoisotopic (exact) mass is 265 g/mol. The van der Waals surface area contributed by atoms with E-state index in [1.54, 1.807) is 11.3 Å². The molecule has 4 rings (SSSR count). The van der Waals surface area contributed by atoms with Crippen LogP contribution in [0.1, 0.15) is 12.1 Å². The second-order valence-corrected chi connectivity index (χ2v) is 5.77. The fraction of sp³-hybridized carbons (Fsp3) is 0.583. The van der Waals surface area contributed by atoms with Crippen LogP contribution in [0.4, 0.5) is 0 Å². The maximum absolute atomic E-state index is 5.73. The van der Waals surface area contributed by atoms with Crippen LogP contribution in [0.5, 0.6) is 0 Å². The average Bonchev–Trinajstić information content (AvgIpc) is 3.05. The Kier molecular flexibility index (Phi) is 2.44. The van der Waals surface area contributed by atoms with E-state index in [4.69, 9.17) is 9.47 Å². The van der Waals surface area contributed by atoms with E-state index >= 15 is 0 Å². The van der Waals surface area contributed by atoms with E-state index in [1.807, 2.05) is 6.20 Å². The Morgan fingerprint density at radius 2 is 2.28 bits per heavy atom. The van der Waals surface area contributed by atoms with Crippen molar-refractivity contribution in [2.24, 2.45) is 0 Å². The molecule has 0 bridgehead atoms. The predicted octanol–water partition coefficient (Wildman–Crippen LogP) is 1.34. The van der Waals surface area contributed by atoms with Crippen LogP contribution >= 0.6 is 11.3 Å². The van der Waals surface area contributed by atoms with E-state index in [0.29, 0.717) is 0 Å². The van der Waals surface area contributed by atoms with Crippen LogP contribution < -0.4 is 0 Å². The van der Waals surface area contributed by atoms with Crippen molar-refractivity contribution in [1.29, 1.82) is 0 Å². The van der Waals surface area contributed by atoms with Gasteiger partial charge in [-0.05, 0) is 0 Å². The molecule has 0 aliphatic carbocycles. The third-order valence-electron chi connectivity index (χ3n) is 3.62. The highest BCUT2D eigenvalue weighted by atomic mass is 32.1. The Bertz CT molecular complexity index is 530. The maximum atomic E-state index is 5.73. The fourth-order valence-corrected chi connectivity index (χ4v) is 3.50. The molecule has 0 unspecified atom stereocenters. The second-order valence-electron chi connectivity index (χ2n) is 4.89. The summed E-state index contributed by atoms with van der Waals surface area (Å²) in [6.07, 6.45) is 5.12. The van der Waals surface area contributed by atoms with Gasteiger partial charge in [-0.1, -0.05) is 0 Å². The number of imidazole rings is 1. The lowest BCUT2D eigenvalue weighted by Crippen LogP contribution is -2.34. The zero-order valence-electron chi connectivity index (χ0n) is 10.0. The predicted molar refractivity (Wildman–Crippen MR) is 67.6 cm³/mol. The van der Waals surface area contributed by atoms with Crippen molar-refractivity contribution in [2.45, 2.75) is 18.8 Å². The molecule has 2 fully saturated rings. The zero-order chi connectivity index (χ0) is 12.0. The van der Waals surface area contributed by atoms with Gasteiger partial charge in [0.25, 0.3) is 0 Å². The highest BCUT2D eigenvalue weighted by Crippen LogP contribution is 2.31. The number of nitrogens with zero attached hydrogens (tertiary/aromatic N) is 3. The molecule has 2 aromatic rings. The Morgan fingerprint density at radius 1 is 1.39 bits per heavy atom. The first-order valence-corrected chi connectivity index (χ1v) is 7.12. The Hall–Kier alpha value is -0.950. The van der Waals surface area contributed by atoms with Crippen LogP contribution in [0.2, 0.25) is 0 Å². The van der Waals surface area contributed by atoms with Gasteiger partial charge >= 0.3 is 0 Å². The van der Waals surface area contributed by atoms with E-state index < -0.39 is 0 Å². The van der Waals surface area contributed by atoms with Gasteiger partial charge < -0.3 is 9.47 Å². The largest absolute Gasteiger partial charge is 0.346 e. The first-order valence-electron chi connectivity index (χ1n) is 6.24. The van der Waals surface area contributed by atoms with E-state index in [0.717, 1.165) is 49.9 Å². The SMILES string of the molecule is c1cn2cc(CN3CCC4(C3)OCCO4)nc2s1. The molecule has 0 N–H and O–H groups in total. The van der Waals surface area contributed by atoms with Crippen molar-refractivity contribution in [2.75, 3.05) is 26.3 Å². The molecule has 0 radical (unpaired) electrons. The number of ether oxygens (including phenoxy) is 2. The summed E-state index contributed by atoms with van der Waals surface area (Å²) in [5.41, 5.74) is 1.12. The van der Waals surface area contributed by atoms with E-state index in [9.17, 15) is 0 Å². The Morgan fingerprint density at radius 3 is 3.11 bits per heavy atom. The fourth-order valence-electron chi connectivity index (χ4n) is 2.78. The minimum atomic E-state index is -0.322. The highest BCUT2D eigenvalue weighted by Gasteiger charge is 2.43. The van der Waals surface area contributed by atoms with Gasteiger partial charge in [-0.15, -0.1) is 11.3 Å². The van der Waals surface area contributed by atoms with Crippen molar-refractivity contribution >= 4 is 16.3 Å². The highest BCUT2D eigenvalue weighted by molar-refractivity contribution is 7.15. The molecule has 0 saturated carbocycles. The van der Waals surface area contributed by atoms with Gasteiger partial charge in [-0.25, -0.2) is 4.98 Å². The summed E-state index contributed by atoms with van der Waals surface area (Å²) in [6.45, 7) is 4.22. The standard InChI is InChI=1S/C12H15N3O2S/c1-2-14(9-12(1)16-4-5-17-12)7-10-8-15-3-6-18-11(15)13-10/h3,6,8H,1-2,4-5,7,9H2. The van der Waals surface area contributed by atoms with Gasteiger partial charge in [0.05, 0.1) is 25.5 Å². The molecule has 96 valence electrons. The lowest BCUT2D eigenvalue weighted by Gasteiger charge is -2.21. The van der Waals surface area contributed by atoms with Gasteiger partial charge in [0, 0.05) is 37.3 Å². The van der Waals surface area contributed by atoms with E-state index in [1.165, 1.54) is 0 Å². The number of rotatable bonds is 2. The lowest BCUT2D eigenvalue weighted by molar-refractivity contribution is -0.145. The summed E-state index contributed by atoms with van der Waals surface area (Å²) in [4.78, 5) is 8.03. The Balaban J connectivity index is 1.47. The summed E-state index contributed by atoms with van der Waals surface area (Å²) in [5.74, 6) is -0.322. The van der Waals surface area contributed by atoms with Crippen LogP contribution in [-0.2, 0) is 16.0 Å². The van der Waals surface area contributed by atoms with Gasteiger partial charge in [0.1, 0.15) is 0 Å². The number of thiazole rings is 1. The van der Waals surface area contributed by atoms with Gasteiger partial charge in [0.2, 0.25) is 0 Å². The summed E-state index contributed by atoms with van der Waals surface area (Å²) < 4.78 is 13.5. The molecule has 2 aromatic heterocycles. The second kappa shape index (κ2) is 4.03. The van der Waals surface area contributed by atoms with Gasteiger partial charge in [0.15, 0.2) is 10.7 Å². The first kappa shape index (κ1) is 10.9. The average molecular weight is 265 g/mol. The van der Waals surface area contributed by atoms with E-state index in [-0.39, 0.29) is 5.79 Å². The number of aromatic nitrogens is 2. The molecule has 4 heterocycles. The summed E-state index contributed by atoms with van der Waals surface area (Å²) in [5, 5.41) is 2.05. The molecule has 6 heteroatoms. The molecule has 1 spiro atoms. The van der Waals surface area contributed by atoms with Gasteiger partial charge in [-0.2, -0.15) is 0 Å². The van der Waals surface area contributed by atoms with Crippen LogP contribution in [0.25, 0.3) is 4.96 Å². The zero-order valence-corrected chi connectivity index (χ0v) is 10.9. The molecule has 5 nitrogen and oxygen atoms in total. The van der Waals surface area contributed by atoms with Crippen molar-refractivity contribution in [3.63, 3.8) is 0 Å². The summed E-state index contributed by atoms with van der Waals surface area (Å²) >= 11 is 1.67. The van der Waals surface area contributed by atoms with E-state index in [2.05, 4.69) is 25.9 Å². The lowest BCUT2D eigenvalue weighted by atomic mass is 10.2. The van der Waals surface area contributed by atoms with Crippen LogP contribution in [-0.4, -0.2) is 46.4 Å². The quantitative estimate of drug-likeness (QED) is 0.821. The molecule has 0 amide bonds. The molecule has 0 aromatic carbocycles. The molecular weight excluding hydrogens is 250 g/mol. The van der Waals surface area contributed by atoms with Crippen molar-refractivity contribution in [1.82, 2.24) is 14.3 Å². The van der Waals surface area contributed by atoms with Crippen molar-refractivity contribution < 1.29 is 9.47 Å². The number of hydrogen-bond acceptors (Lipinski definition) is 5. The molecular formula is C12H15N3O2S. The molecule has 2 aliphatic heterocycles. The van der Waals surface area contributed by atoms with Crippen molar-refractivity contribution in [3.05, 3.63) is 23.5 Å².